The summed E-state index contributed by atoms with van der Waals surface area (Å²) in [5.41, 5.74) is 0. The summed E-state index contributed by atoms with van der Waals surface area (Å²) in [4.78, 5) is 14.9. The Morgan fingerprint density at radius 2 is 1.42 bits per heavy atom. The average Bonchev–Trinajstić information content (AvgIpc) is 2.63. The minimum atomic E-state index is -0.948. The maximum absolute atomic E-state index is 10.3. The number of hydrogen-bond donors (Lipinski definition) is 2. The van der Waals surface area contributed by atoms with E-state index in [4.69, 9.17) is 10.4 Å². The first-order chi connectivity index (χ1) is 12.7. The van der Waals surface area contributed by atoms with Crippen molar-refractivity contribution in [1.29, 1.82) is 0 Å². The molecule has 4 nitrogen and oxygen atoms in total. The van der Waals surface area contributed by atoms with E-state index in [1.54, 1.807) is 12.2 Å². The molecule has 2 N–H and O–H groups in total. The number of unbranched alkanes of at least 4 members (excludes halogenated alkanes) is 7. The van der Waals surface area contributed by atoms with Gasteiger partial charge in [0, 0.05) is 6.08 Å². The molecule has 0 amide bonds. The molecule has 1 unspecified atom stereocenters. The summed E-state index contributed by atoms with van der Waals surface area (Å²) in [6.07, 6.45) is 26.4. The van der Waals surface area contributed by atoms with Crippen molar-refractivity contribution in [1.82, 2.24) is 0 Å². The molecule has 0 aliphatic rings. The van der Waals surface area contributed by atoms with Crippen molar-refractivity contribution >= 4 is 5.97 Å². The zero-order chi connectivity index (χ0) is 19.3. The van der Waals surface area contributed by atoms with Crippen LogP contribution in [0, 0.1) is 0 Å². The molecule has 0 saturated heterocycles. The normalized spacial score (nSPS) is 13.6. The summed E-state index contributed by atoms with van der Waals surface area (Å²) in [6.45, 7) is 2.23. The van der Waals surface area contributed by atoms with E-state index in [-0.39, 0.29) is 6.10 Å². The molecule has 0 spiro atoms. The van der Waals surface area contributed by atoms with E-state index >= 15 is 0 Å². The SMILES string of the molecule is CCCCCCCCCC(CCCC=CC=CC=CC=CC(=O)O)OO. The number of carboxylic acid groups (broad SMARTS) is 1. The summed E-state index contributed by atoms with van der Waals surface area (Å²) in [5, 5.41) is 17.4. The molecule has 0 radical (unpaired) electrons. The van der Waals surface area contributed by atoms with E-state index in [1.165, 1.54) is 44.6 Å². The van der Waals surface area contributed by atoms with E-state index in [2.05, 4.69) is 17.9 Å². The van der Waals surface area contributed by atoms with Gasteiger partial charge in [0.15, 0.2) is 0 Å². The van der Waals surface area contributed by atoms with Gasteiger partial charge >= 0.3 is 5.97 Å². The second-order valence-corrected chi connectivity index (χ2v) is 6.46. The van der Waals surface area contributed by atoms with Crippen LogP contribution in [-0.2, 0) is 9.68 Å². The van der Waals surface area contributed by atoms with Crippen LogP contribution in [0.1, 0.15) is 77.6 Å². The molecule has 0 aromatic heterocycles. The second kappa shape index (κ2) is 19.7. The largest absolute Gasteiger partial charge is 0.478 e. The van der Waals surface area contributed by atoms with Crippen molar-refractivity contribution in [2.75, 3.05) is 0 Å². The maximum Gasteiger partial charge on any atom is 0.328 e. The predicted octanol–water partition coefficient (Wildman–Crippen LogP) is 6.47. The fourth-order valence-electron chi connectivity index (χ4n) is 2.61. The lowest BCUT2D eigenvalue weighted by atomic mass is 10.0. The molecule has 1 atom stereocenters. The van der Waals surface area contributed by atoms with Crippen molar-refractivity contribution < 1.29 is 20.0 Å². The Hall–Kier alpha value is -1.65. The van der Waals surface area contributed by atoms with Gasteiger partial charge in [-0.25, -0.2) is 9.68 Å². The molecule has 0 bridgehead atoms. The lowest BCUT2D eigenvalue weighted by Crippen LogP contribution is -2.10. The number of hydrogen-bond acceptors (Lipinski definition) is 3. The number of carboxylic acids is 1. The van der Waals surface area contributed by atoms with Gasteiger partial charge in [-0.3, -0.25) is 5.26 Å². The fraction of sp³-hybridized carbons (Fsp3) is 0.591. The minimum Gasteiger partial charge on any atom is -0.478 e. The highest BCUT2D eigenvalue weighted by molar-refractivity contribution is 5.80. The van der Waals surface area contributed by atoms with E-state index in [0.717, 1.165) is 38.2 Å². The zero-order valence-electron chi connectivity index (χ0n) is 16.2. The standard InChI is InChI=1S/C22H36O4/c1-2-3-4-5-9-12-15-18-21(26-25)19-16-13-10-7-6-8-11-14-17-20-22(23)24/h6-8,10-11,14,17,20-21,25H,2-5,9,12-13,15-16,18-19H2,1H3,(H,23,24). The maximum atomic E-state index is 10.3. The minimum absolute atomic E-state index is 0.0430. The van der Waals surface area contributed by atoms with Crippen molar-refractivity contribution in [2.45, 2.75) is 83.7 Å². The van der Waals surface area contributed by atoms with Gasteiger partial charge < -0.3 is 5.11 Å². The second-order valence-electron chi connectivity index (χ2n) is 6.46. The summed E-state index contributed by atoms with van der Waals surface area (Å²) in [6, 6.07) is 0. The molecule has 0 aliphatic heterocycles. The first kappa shape index (κ1) is 24.4. The Morgan fingerprint density at radius 3 is 2.08 bits per heavy atom. The number of carbonyl (C=O) groups is 1. The van der Waals surface area contributed by atoms with Crippen LogP contribution in [0.4, 0.5) is 0 Å². The van der Waals surface area contributed by atoms with Crippen LogP contribution in [0.25, 0.3) is 0 Å². The molecule has 0 aromatic rings. The molecule has 0 fully saturated rings. The lowest BCUT2D eigenvalue weighted by molar-refractivity contribution is -0.281. The summed E-state index contributed by atoms with van der Waals surface area (Å²) >= 11 is 0. The third-order valence-electron chi connectivity index (χ3n) is 4.11. The Morgan fingerprint density at radius 1 is 0.846 bits per heavy atom. The van der Waals surface area contributed by atoms with Crippen LogP contribution in [0.2, 0.25) is 0 Å². The highest BCUT2D eigenvalue weighted by Gasteiger charge is 2.07. The van der Waals surface area contributed by atoms with E-state index in [0.29, 0.717) is 0 Å². The smallest absolute Gasteiger partial charge is 0.328 e. The van der Waals surface area contributed by atoms with Gasteiger partial charge in [-0.2, -0.15) is 0 Å². The Bertz CT molecular complexity index is 435. The summed E-state index contributed by atoms with van der Waals surface area (Å²) in [7, 11) is 0. The van der Waals surface area contributed by atoms with E-state index in [9.17, 15) is 4.79 Å². The highest BCUT2D eigenvalue weighted by Crippen LogP contribution is 2.14. The van der Waals surface area contributed by atoms with Gasteiger partial charge in [-0.15, -0.1) is 0 Å². The average molecular weight is 365 g/mol. The van der Waals surface area contributed by atoms with Crippen molar-refractivity contribution in [3.63, 3.8) is 0 Å². The van der Waals surface area contributed by atoms with Gasteiger partial charge in [0.05, 0.1) is 6.10 Å². The summed E-state index contributed by atoms with van der Waals surface area (Å²) in [5.74, 6) is -0.948. The van der Waals surface area contributed by atoms with Gasteiger partial charge in [0.25, 0.3) is 0 Å². The highest BCUT2D eigenvalue weighted by atomic mass is 17.1. The molecule has 4 heteroatoms. The number of rotatable bonds is 17. The van der Waals surface area contributed by atoms with Crippen LogP contribution in [0.3, 0.4) is 0 Å². The van der Waals surface area contributed by atoms with Crippen LogP contribution in [0.5, 0.6) is 0 Å². The first-order valence-corrected chi connectivity index (χ1v) is 9.90. The van der Waals surface area contributed by atoms with E-state index in [1.807, 2.05) is 18.2 Å². The first-order valence-electron chi connectivity index (χ1n) is 9.90. The van der Waals surface area contributed by atoms with Crippen LogP contribution >= 0.6 is 0 Å². The van der Waals surface area contributed by atoms with Gasteiger partial charge in [-0.05, 0) is 25.7 Å². The fourth-order valence-corrected chi connectivity index (χ4v) is 2.61. The van der Waals surface area contributed by atoms with Crippen LogP contribution in [0.15, 0.2) is 48.6 Å². The van der Waals surface area contributed by atoms with Gasteiger partial charge in [0.2, 0.25) is 0 Å². The number of allylic oxidation sites excluding steroid dienone is 7. The quantitative estimate of drug-likeness (QED) is 0.102. The molecule has 0 aliphatic carbocycles. The summed E-state index contributed by atoms with van der Waals surface area (Å²) < 4.78 is 0. The van der Waals surface area contributed by atoms with Crippen LogP contribution < -0.4 is 0 Å². The molecular weight excluding hydrogens is 328 g/mol. The van der Waals surface area contributed by atoms with Gasteiger partial charge in [-0.1, -0.05) is 94.4 Å². The Labute approximate surface area is 158 Å². The van der Waals surface area contributed by atoms with Crippen molar-refractivity contribution in [3.8, 4) is 0 Å². The third-order valence-corrected chi connectivity index (χ3v) is 4.11. The van der Waals surface area contributed by atoms with Crippen molar-refractivity contribution in [3.05, 3.63) is 48.6 Å². The van der Waals surface area contributed by atoms with Crippen molar-refractivity contribution in [2.24, 2.45) is 0 Å². The Kier molecular flexibility index (Phi) is 18.4. The predicted molar refractivity (Wildman–Crippen MR) is 108 cm³/mol. The van der Waals surface area contributed by atoms with E-state index < -0.39 is 5.97 Å². The van der Waals surface area contributed by atoms with Crippen LogP contribution in [-0.4, -0.2) is 22.4 Å². The number of aliphatic carboxylic acids is 1. The molecule has 0 aromatic carbocycles. The Balaban J connectivity index is 3.64. The molecule has 148 valence electrons. The third kappa shape index (κ3) is 18.7. The monoisotopic (exact) mass is 364 g/mol. The van der Waals surface area contributed by atoms with Gasteiger partial charge in [0.1, 0.15) is 0 Å². The molecule has 0 rings (SSSR count). The molecule has 0 saturated carbocycles. The molecular formula is C22H36O4. The molecule has 0 heterocycles. The topological polar surface area (TPSA) is 66.8 Å². The zero-order valence-corrected chi connectivity index (χ0v) is 16.2. The molecule has 26 heavy (non-hydrogen) atoms. The lowest BCUT2D eigenvalue weighted by Gasteiger charge is -2.12.